The number of hydrogen-bond donors (Lipinski definition) is 1. The second-order valence-electron chi connectivity index (χ2n) is 7.80. The number of aryl methyl sites for hydroxylation is 1. The molecule has 6 nitrogen and oxygen atoms in total. The topological polar surface area (TPSA) is 77.5 Å². The third-order valence-corrected chi connectivity index (χ3v) is 5.53. The Balaban J connectivity index is 1.31. The number of carbonyl (C=O) groups excluding carboxylic acids is 2. The first kappa shape index (κ1) is 21.6. The van der Waals surface area contributed by atoms with Crippen LogP contribution in [0.25, 0.3) is 11.3 Å². The van der Waals surface area contributed by atoms with Gasteiger partial charge in [0.25, 0.3) is 0 Å². The highest BCUT2D eigenvalue weighted by molar-refractivity contribution is 5.89. The molecule has 0 spiro atoms. The lowest BCUT2D eigenvalue weighted by molar-refractivity contribution is -0.121. The largest absolute Gasteiger partial charge is 0.487 e. The van der Waals surface area contributed by atoms with Crippen LogP contribution < -0.4 is 10.1 Å². The van der Waals surface area contributed by atoms with E-state index in [2.05, 4.69) is 22.4 Å². The molecule has 164 valence electrons. The van der Waals surface area contributed by atoms with Gasteiger partial charge in [-0.05, 0) is 42.2 Å². The molecule has 0 saturated carbocycles. The van der Waals surface area contributed by atoms with Gasteiger partial charge in [-0.3, -0.25) is 9.78 Å². The van der Waals surface area contributed by atoms with Gasteiger partial charge in [0.05, 0.1) is 24.9 Å². The molecule has 1 aliphatic rings. The predicted molar refractivity (Wildman–Crippen MR) is 122 cm³/mol. The molecule has 1 N–H and O–H groups in total. The first-order valence-electron chi connectivity index (χ1n) is 10.8. The smallest absolute Gasteiger partial charge is 0.339 e. The molecule has 0 bridgehead atoms. The highest BCUT2D eigenvalue weighted by Crippen LogP contribution is 2.37. The number of nitrogens with zero attached hydrogens (tertiary/aromatic N) is 1. The van der Waals surface area contributed by atoms with E-state index in [9.17, 15) is 9.59 Å². The standard InChI is InChI=1S/C26H26N2O4/c1-31-26(30)20-13-14-23(27-16-20)22-11-6-10-19-15-21(32-25(19)22)17-28-24(29)12-5-9-18-7-3-2-4-8-18/h2-4,6-8,10-11,13-14,16,21H,5,9,12,15,17H2,1H3,(H,28,29)/t21-/m0/s1. The van der Waals surface area contributed by atoms with Gasteiger partial charge >= 0.3 is 5.97 Å². The fraction of sp³-hybridized carbons (Fsp3) is 0.269. The number of rotatable bonds is 8. The van der Waals surface area contributed by atoms with Gasteiger partial charge in [0.15, 0.2) is 0 Å². The summed E-state index contributed by atoms with van der Waals surface area (Å²) in [4.78, 5) is 28.3. The highest BCUT2D eigenvalue weighted by atomic mass is 16.5. The second-order valence-corrected chi connectivity index (χ2v) is 7.80. The minimum Gasteiger partial charge on any atom is -0.487 e. The molecule has 0 saturated heterocycles. The average Bonchev–Trinajstić information content (AvgIpc) is 3.26. The van der Waals surface area contributed by atoms with E-state index in [0.717, 1.165) is 41.8 Å². The lowest BCUT2D eigenvalue weighted by Crippen LogP contribution is -2.34. The zero-order valence-corrected chi connectivity index (χ0v) is 18.0. The summed E-state index contributed by atoms with van der Waals surface area (Å²) >= 11 is 0. The number of aromatic nitrogens is 1. The third-order valence-electron chi connectivity index (χ3n) is 5.53. The van der Waals surface area contributed by atoms with Crippen molar-refractivity contribution in [2.45, 2.75) is 31.8 Å². The molecule has 1 aromatic heterocycles. The molecule has 0 aliphatic carbocycles. The monoisotopic (exact) mass is 430 g/mol. The van der Waals surface area contributed by atoms with Crippen LogP contribution in [0.1, 0.15) is 34.3 Å². The van der Waals surface area contributed by atoms with Crippen molar-refractivity contribution in [3.05, 3.63) is 83.6 Å². The molecule has 1 aliphatic heterocycles. The quantitative estimate of drug-likeness (QED) is 0.547. The van der Waals surface area contributed by atoms with E-state index in [4.69, 9.17) is 9.47 Å². The molecular weight excluding hydrogens is 404 g/mol. The average molecular weight is 431 g/mol. The van der Waals surface area contributed by atoms with Crippen molar-refractivity contribution < 1.29 is 19.1 Å². The number of para-hydroxylation sites is 1. The van der Waals surface area contributed by atoms with E-state index in [-0.39, 0.29) is 12.0 Å². The Morgan fingerprint density at radius 1 is 1.09 bits per heavy atom. The molecule has 0 radical (unpaired) electrons. The fourth-order valence-corrected chi connectivity index (χ4v) is 3.86. The van der Waals surface area contributed by atoms with E-state index in [0.29, 0.717) is 18.5 Å². The number of benzene rings is 2. The number of fused-ring (bicyclic) bond motifs is 1. The normalized spacial score (nSPS) is 14.3. The number of methoxy groups -OCH3 is 1. The first-order chi connectivity index (χ1) is 15.6. The Morgan fingerprint density at radius 2 is 1.94 bits per heavy atom. The van der Waals surface area contributed by atoms with E-state index in [1.165, 1.54) is 18.9 Å². The number of carbonyl (C=O) groups is 2. The minimum absolute atomic E-state index is 0.0424. The molecular formula is C26H26N2O4. The van der Waals surface area contributed by atoms with Crippen molar-refractivity contribution in [3.8, 4) is 17.0 Å². The van der Waals surface area contributed by atoms with Gasteiger partial charge in [-0.2, -0.15) is 0 Å². The summed E-state index contributed by atoms with van der Waals surface area (Å²) in [7, 11) is 1.34. The van der Waals surface area contributed by atoms with Crippen LogP contribution in [0.5, 0.6) is 5.75 Å². The van der Waals surface area contributed by atoms with Crippen molar-refractivity contribution in [1.29, 1.82) is 0 Å². The molecule has 2 heterocycles. The van der Waals surface area contributed by atoms with Gasteiger partial charge in [0.2, 0.25) is 5.91 Å². The molecule has 3 aromatic rings. The number of hydrogen-bond acceptors (Lipinski definition) is 5. The zero-order valence-electron chi connectivity index (χ0n) is 18.0. The summed E-state index contributed by atoms with van der Waals surface area (Å²) in [5.41, 5.74) is 4.33. The van der Waals surface area contributed by atoms with Crippen LogP contribution in [0, 0.1) is 0 Å². The maximum Gasteiger partial charge on any atom is 0.339 e. The van der Waals surface area contributed by atoms with E-state index in [1.807, 2.05) is 36.4 Å². The van der Waals surface area contributed by atoms with Gasteiger partial charge in [0.1, 0.15) is 11.9 Å². The molecule has 0 fully saturated rings. The Morgan fingerprint density at radius 3 is 2.69 bits per heavy atom. The fourth-order valence-electron chi connectivity index (χ4n) is 3.86. The van der Waals surface area contributed by atoms with Gasteiger partial charge in [-0.1, -0.05) is 42.5 Å². The van der Waals surface area contributed by atoms with E-state index in [1.54, 1.807) is 12.1 Å². The van der Waals surface area contributed by atoms with Crippen LogP contribution in [-0.2, 0) is 22.4 Å². The molecule has 32 heavy (non-hydrogen) atoms. The van der Waals surface area contributed by atoms with Crippen molar-refractivity contribution in [2.75, 3.05) is 13.7 Å². The molecule has 1 amide bonds. The lowest BCUT2D eigenvalue weighted by Gasteiger charge is -2.13. The Hall–Kier alpha value is -3.67. The molecule has 0 unspecified atom stereocenters. The van der Waals surface area contributed by atoms with E-state index < -0.39 is 5.97 Å². The molecule has 1 atom stereocenters. The number of nitrogens with one attached hydrogen (secondary N) is 1. The lowest BCUT2D eigenvalue weighted by atomic mass is 10.0. The Bertz CT molecular complexity index is 1080. The van der Waals surface area contributed by atoms with Gasteiger partial charge in [-0.15, -0.1) is 0 Å². The SMILES string of the molecule is COC(=O)c1ccc(-c2cccc3c2O[C@H](CNC(=O)CCCc2ccccc2)C3)nc1. The van der Waals surface area contributed by atoms with Crippen LogP contribution in [-0.4, -0.2) is 36.6 Å². The minimum atomic E-state index is -0.418. The maximum atomic E-state index is 12.2. The summed E-state index contributed by atoms with van der Waals surface area (Å²) in [6.45, 7) is 0.465. The number of ether oxygens (including phenoxy) is 2. The predicted octanol–water partition coefficient (Wildman–Crippen LogP) is 3.98. The maximum absolute atomic E-state index is 12.2. The zero-order chi connectivity index (χ0) is 22.3. The summed E-state index contributed by atoms with van der Waals surface area (Å²) < 4.78 is 10.9. The van der Waals surface area contributed by atoms with Crippen molar-refractivity contribution in [3.63, 3.8) is 0 Å². The Kier molecular flexibility index (Phi) is 6.80. The molecule has 4 rings (SSSR count). The van der Waals surface area contributed by atoms with Crippen molar-refractivity contribution in [2.24, 2.45) is 0 Å². The summed E-state index contributed by atoms with van der Waals surface area (Å²) in [5.74, 6) is 0.410. The summed E-state index contributed by atoms with van der Waals surface area (Å²) in [5, 5.41) is 3.00. The van der Waals surface area contributed by atoms with Crippen LogP contribution in [0.15, 0.2) is 66.9 Å². The Labute approximate surface area is 187 Å². The number of esters is 1. The van der Waals surface area contributed by atoms with Crippen molar-refractivity contribution >= 4 is 11.9 Å². The van der Waals surface area contributed by atoms with Crippen LogP contribution >= 0.6 is 0 Å². The number of amides is 1. The number of pyridine rings is 1. The van der Waals surface area contributed by atoms with Crippen LogP contribution in [0.2, 0.25) is 0 Å². The van der Waals surface area contributed by atoms with Crippen molar-refractivity contribution in [1.82, 2.24) is 10.3 Å². The summed E-state index contributed by atoms with van der Waals surface area (Å²) in [6, 6.07) is 19.6. The molecule has 2 aromatic carbocycles. The summed E-state index contributed by atoms with van der Waals surface area (Å²) in [6.07, 6.45) is 4.33. The third kappa shape index (κ3) is 5.14. The molecule has 6 heteroatoms. The van der Waals surface area contributed by atoms with Gasteiger partial charge < -0.3 is 14.8 Å². The second kappa shape index (κ2) is 10.1. The van der Waals surface area contributed by atoms with Crippen LogP contribution in [0.3, 0.4) is 0 Å². The van der Waals surface area contributed by atoms with Crippen LogP contribution in [0.4, 0.5) is 0 Å². The van der Waals surface area contributed by atoms with Gasteiger partial charge in [-0.25, -0.2) is 4.79 Å². The highest BCUT2D eigenvalue weighted by Gasteiger charge is 2.26. The first-order valence-corrected chi connectivity index (χ1v) is 10.8. The van der Waals surface area contributed by atoms with Gasteiger partial charge in [0, 0.05) is 24.6 Å². The van der Waals surface area contributed by atoms with E-state index >= 15 is 0 Å².